The van der Waals surface area contributed by atoms with Crippen LogP contribution in [-0.4, -0.2) is 28.0 Å². The fourth-order valence-corrected chi connectivity index (χ4v) is 1.14. The third kappa shape index (κ3) is 2.99. The maximum Gasteiger partial charge on any atom is 0.144 e. The SMILES string of the molecule is CCN(CC)Cc1nccc(N)n1. The van der Waals surface area contributed by atoms with E-state index in [9.17, 15) is 0 Å². The van der Waals surface area contributed by atoms with Crippen LogP contribution in [0.2, 0.25) is 0 Å². The van der Waals surface area contributed by atoms with E-state index in [1.807, 2.05) is 0 Å². The molecule has 0 aliphatic heterocycles. The number of hydrogen-bond acceptors (Lipinski definition) is 4. The van der Waals surface area contributed by atoms with Gasteiger partial charge in [0.2, 0.25) is 0 Å². The lowest BCUT2D eigenvalue weighted by Crippen LogP contribution is -2.23. The molecule has 0 atom stereocenters. The highest BCUT2D eigenvalue weighted by Crippen LogP contribution is 2.00. The largest absolute Gasteiger partial charge is 0.384 e. The summed E-state index contributed by atoms with van der Waals surface area (Å²) in [5, 5.41) is 0. The molecule has 0 saturated heterocycles. The monoisotopic (exact) mass is 180 g/mol. The molecule has 13 heavy (non-hydrogen) atoms. The first-order chi connectivity index (χ1) is 6.26. The molecule has 4 nitrogen and oxygen atoms in total. The first-order valence-corrected chi connectivity index (χ1v) is 4.56. The van der Waals surface area contributed by atoms with Crippen LogP contribution >= 0.6 is 0 Å². The first-order valence-electron chi connectivity index (χ1n) is 4.56. The predicted octanol–water partition coefficient (Wildman–Crippen LogP) is 0.901. The lowest BCUT2D eigenvalue weighted by molar-refractivity contribution is 0.288. The van der Waals surface area contributed by atoms with Crippen LogP contribution in [0, 0.1) is 0 Å². The molecular weight excluding hydrogens is 164 g/mol. The molecule has 1 heterocycles. The second-order valence-corrected chi connectivity index (χ2v) is 2.86. The molecule has 0 spiro atoms. The lowest BCUT2D eigenvalue weighted by Gasteiger charge is -2.16. The molecule has 0 aliphatic carbocycles. The molecule has 2 N–H and O–H groups in total. The molecule has 1 rings (SSSR count). The molecule has 1 aromatic heterocycles. The second-order valence-electron chi connectivity index (χ2n) is 2.86. The van der Waals surface area contributed by atoms with Crippen molar-refractivity contribution in [2.75, 3.05) is 18.8 Å². The molecular formula is C9H16N4. The van der Waals surface area contributed by atoms with E-state index in [0.717, 1.165) is 25.5 Å². The highest BCUT2D eigenvalue weighted by Gasteiger charge is 2.02. The summed E-state index contributed by atoms with van der Waals surface area (Å²) in [5.41, 5.74) is 5.55. The van der Waals surface area contributed by atoms with Gasteiger partial charge >= 0.3 is 0 Å². The van der Waals surface area contributed by atoms with Gasteiger partial charge in [0.1, 0.15) is 11.6 Å². The van der Waals surface area contributed by atoms with Gasteiger partial charge in [-0.1, -0.05) is 13.8 Å². The van der Waals surface area contributed by atoms with Crippen molar-refractivity contribution in [1.29, 1.82) is 0 Å². The van der Waals surface area contributed by atoms with Gasteiger partial charge in [0.15, 0.2) is 0 Å². The molecule has 0 saturated carbocycles. The van der Waals surface area contributed by atoms with E-state index >= 15 is 0 Å². The maximum atomic E-state index is 5.55. The summed E-state index contributed by atoms with van der Waals surface area (Å²) in [5.74, 6) is 1.33. The lowest BCUT2D eigenvalue weighted by atomic mass is 10.4. The smallest absolute Gasteiger partial charge is 0.144 e. The highest BCUT2D eigenvalue weighted by atomic mass is 15.1. The van der Waals surface area contributed by atoms with Crippen LogP contribution in [-0.2, 0) is 6.54 Å². The fourth-order valence-electron chi connectivity index (χ4n) is 1.14. The van der Waals surface area contributed by atoms with Crippen LogP contribution in [0.5, 0.6) is 0 Å². The summed E-state index contributed by atoms with van der Waals surface area (Å²) in [6.45, 7) is 7.03. The van der Waals surface area contributed by atoms with E-state index in [-0.39, 0.29) is 0 Å². The van der Waals surface area contributed by atoms with E-state index < -0.39 is 0 Å². The van der Waals surface area contributed by atoms with E-state index in [0.29, 0.717) is 5.82 Å². The Balaban J connectivity index is 2.62. The molecule has 0 amide bonds. The molecule has 0 unspecified atom stereocenters. The third-order valence-corrected chi connectivity index (χ3v) is 1.99. The van der Waals surface area contributed by atoms with Gasteiger partial charge in [-0.3, -0.25) is 4.90 Å². The summed E-state index contributed by atoms with van der Waals surface area (Å²) in [6, 6.07) is 1.70. The number of rotatable bonds is 4. The zero-order chi connectivity index (χ0) is 9.68. The third-order valence-electron chi connectivity index (χ3n) is 1.99. The summed E-state index contributed by atoms with van der Waals surface area (Å²) in [7, 11) is 0. The Bertz CT molecular complexity index is 258. The van der Waals surface area contributed by atoms with Crippen molar-refractivity contribution in [2.24, 2.45) is 0 Å². The molecule has 72 valence electrons. The summed E-state index contributed by atoms with van der Waals surface area (Å²) in [4.78, 5) is 10.5. The van der Waals surface area contributed by atoms with Gasteiger partial charge in [0.05, 0.1) is 6.54 Å². The number of nitrogens with two attached hydrogens (primary N) is 1. The minimum atomic E-state index is 0.539. The van der Waals surface area contributed by atoms with Crippen LogP contribution < -0.4 is 5.73 Å². The second kappa shape index (κ2) is 4.77. The maximum absolute atomic E-state index is 5.55. The van der Waals surface area contributed by atoms with E-state index in [1.54, 1.807) is 12.3 Å². The van der Waals surface area contributed by atoms with Gasteiger partial charge in [-0.25, -0.2) is 9.97 Å². The van der Waals surface area contributed by atoms with Crippen LogP contribution in [0.1, 0.15) is 19.7 Å². The van der Waals surface area contributed by atoms with Crippen molar-refractivity contribution in [3.8, 4) is 0 Å². The van der Waals surface area contributed by atoms with Crippen LogP contribution in [0.4, 0.5) is 5.82 Å². The fraction of sp³-hybridized carbons (Fsp3) is 0.556. The zero-order valence-electron chi connectivity index (χ0n) is 8.20. The van der Waals surface area contributed by atoms with Crippen LogP contribution in [0.25, 0.3) is 0 Å². The molecule has 0 bridgehead atoms. The van der Waals surface area contributed by atoms with Gasteiger partial charge in [0, 0.05) is 6.20 Å². The summed E-state index contributed by atoms with van der Waals surface area (Å²) in [6.07, 6.45) is 1.70. The Morgan fingerprint density at radius 3 is 2.62 bits per heavy atom. The van der Waals surface area contributed by atoms with Crippen LogP contribution in [0.15, 0.2) is 12.3 Å². The van der Waals surface area contributed by atoms with E-state index in [2.05, 4.69) is 28.7 Å². The minimum Gasteiger partial charge on any atom is -0.384 e. The van der Waals surface area contributed by atoms with Gasteiger partial charge < -0.3 is 5.73 Å². The van der Waals surface area contributed by atoms with Gasteiger partial charge in [-0.2, -0.15) is 0 Å². The van der Waals surface area contributed by atoms with Gasteiger partial charge in [-0.15, -0.1) is 0 Å². The minimum absolute atomic E-state index is 0.539. The standard InChI is InChI=1S/C9H16N4/c1-3-13(4-2)7-9-11-6-5-8(10)12-9/h5-6H,3-4,7H2,1-2H3,(H2,10,11,12). The van der Waals surface area contributed by atoms with Crippen molar-refractivity contribution in [2.45, 2.75) is 20.4 Å². The number of nitrogens with zero attached hydrogens (tertiary/aromatic N) is 3. The average Bonchev–Trinajstić information content (AvgIpc) is 2.14. The molecule has 0 fully saturated rings. The van der Waals surface area contributed by atoms with E-state index in [4.69, 9.17) is 5.73 Å². The Labute approximate surface area is 78.8 Å². The molecule has 1 aromatic rings. The average molecular weight is 180 g/mol. The number of hydrogen-bond donors (Lipinski definition) is 1. The number of aromatic nitrogens is 2. The van der Waals surface area contributed by atoms with Crippen molar-refractivity contribution < 1.29 is 0 Å². The number of anilines is 1. The van der Waals surface area contributed by atoms with Gasteiger partial charge in [-0.05, 0) is 19.2 Å². The molecule has 4 heteroatoms. The summed E-state index contributed by atoms with van der Waals surface area (Å²) >= 11 is 0. The Morgan fingerprint density at radius 2 is 2.08 bits per heavy atom. The molecule has 0 aliphatic rings. The molecule has 0 radical (unpaired) electrons. The van der Waals surface area contributed by atoms with Crippen LogP contribution in [0.3, 0.4) is 0 Å². The van der Waals surface area contributed by atoms with Gasteiger partial charge in [0.25, 0.3) is 0 Å². The summed E-state index contributed by atoms with van der Waals surface area (Å²) < 4.78 is 0. The Morgan fingerprint density at radius 1 is 1.38 bits per heavy atom. The van der Waals surface area contributed by atoms with Crippen molar-refractivity contribution in [3.63, 3.8) is 0 Å². The Kier molecular flexibility index (Phi) is 3.64. The number of nitrogen functional groups attached to an aromatic ring is 1. The predicted molar refractivity (Wildman–Crippen MR) is 53.1 cm³/mol. The highest BCUT2D eigenvalue weighted by molar-refractivity contribution is 5.24. The first kappa shape index (κ1) is 9.92. The van der Waals surface area contributed by atoms with Crippen molar-refractivity contribution in [1.82, 2.24) is 14.9 Å². The topological polar surface area (TPSA) is 55.0 Å². The molecule has 0 aromatic carbocycles. The van der Waals surface area contributed by atoms with E-state index in [1.165, 1.54) is 0 Å². The van der Waals surface area contributed by atoms with Crippen molar-refractivity contribution >= 4 is 5.82 Å². The zero-order valence-corrected chi connectivity index (χ0v) is 8.20. The Hall–Kier alpha value is -1.16. The normalized spacial score (nSPS) is 10.7. The van der Waals surface area contributed by atoms with Crippen molar-refractivity contribution in [3.05, 3.63) is 18.1 Å². The quantitative estimate of drug-likeness (QED) is 0.748.